The molecule has 6 nitrogen and oxygen atoms in total. The molecule has 0 bridgehead atoms. The predicted octanol–water partition coefficient (Wildman–Crippen LogP) is 1.68. The Hall–Kier alpha value is -2.63. The van der Waals surface area contributed by atoms with Gasteiger partial charge in [-0.2, -0.15) is 0 Å². The summed E-state index contributed by atoms with van der Waals surface area (Å²) in [6.07, 6.45) is 4.05. The Labute approximate surface area is 109 Å². The van der Waals surface area contributed by atoms with E-state index in [4.69, 9.17) is 5.11 Å². The highest BCUT2D eigenvalue weighted by Crippen LogP contribution is 2.08. The Balaban J connectivity index is 1.91. The average molecular weight is 259 g/mol. The van der Waals surface area contributed by atoms with Crippen molar-refractivity contribution < 1.29 is 14.7 Å². The summed E-state index contributed by atoms with van der Waals surface area (Å²) in [5.41, 5.74) is 1.07. The van der Waals surface area contributed by atoms with E-state index in [2.05, 4.69) is 15.3 Å². The number of hydrogen-bond acceptors (Lipinski definition) is 3. The number of aromatic amines is 1. The highest BCUT2D eigenvalue weighted by Gasteiger charge is 2.07. The average Bonchev–Trinajstić information content (AvgIpc) is 2.90. The van der Waals surface area contributed by atoms with Crippen LogP contribution in [0.2, 0.25) is 0 Å². The van der Waals surface area contributed by atoms with Crippen molar-refractivity contribution in [2.24, 2.45) is 0 Å². The molecule has 0 aliphatic heterocycles. The highest BCUT2D eigenvalue weighted by molar-refractivity contribution is 5.92. The summed E-state index contributed by atoms with van der Waals surface area (Å²) in [6.45, 7) is 0. The minimum Gasteiger partial charge on any atom is -0.478 e. The number of carboxylic acid groups (broad SMARTS) is 1. The Morgan fingerprint density at radius 2 is 2.21 bits per heavy atom. The lowest BCUT2D eigenvalue weighted by Gasteiger charge is -2.04. The van der Waals surface area contributed by atoms with Gasteiger partial charge in [-0.3, -0.25) is 4.79 Å². The largest absolute Gasteiger partial charge is 0.478 e. The molecule has 98 valence electrons. The number of nitrogens with zero attached hydrogens (tertiary/aromatic N) is 1. The predicted molar refractivity (Wildman–Crippen MR) is 68.9 cm³/mol. The summed E-state index contributed by atoms with van der Waals surface area (Å²) in [7, 11) is 0. The number of anilines is 1. The number of carbonyl (C=O) groups is 2. The van der Waals surface area contributed by atoms with Gasteiger partial charge < -0.3 is 15.4 Å². The molecule has 6 heteroatoms. The molecule has 0 spiro atoms. The summed E-state index contributed by atoms with van der Waals surface area (Å²) >= 11 is 0. The van der Waals surface area contributed by atoms with E-state index < -0.39 is 5.97 Å². The van der Waals surface area contributed by atoms with Crippen molar-refractivity contribution >= 4 is 17.7 Å². The van der Waals surface area contributed by atoms with Crippen LogP contribution in [-0.4, -0.2) is 27.0 Å². The van der Waals surface area contributed by atoms with Gasteiger partial charge in [0.1, 0.15) is 5.82 Å². The maximum atomic E-state index is 11.7. The van der Waals surface area contributed by atoms with E-state index in [0.717, 1.165) is 5.69 Å². The smallest absolute Gasteiger partial charge is 0.335 e. The molecule has 2 aromatic rings. The number of aryl methyl sites for hydroxylation is 1. The molecule has 0 saturated carbocycles. The molecule has 2 heterocycles. The first kappa shape index (κ1) is 12.8. The van der Waals surface area contributed by atoms with Crippen LogP contribution in [0.15, 0.2) is 36.7 Å². The number of hydrogen-bond donors (Lipinski definition) is 3. The fraction of sp³-hybridized carbons (Fsp3) is 0.154. The van der Waals surface area contributed by atoms with Crippen LogP contribution in [0.3, 0.4) is 0 Å². The number of aromatic nitrogens is 2. The number of amides is 1. The van der Waals surface area contributed by atoms with Gasteiger partial charge >= 0.3 is 5.97 Å². The molecule has 3 N–H and O–H groups in total. The Morgan fingerprint density at radius 3 is 2.89 bits per heavy atom. The van der Waals surface area contributed by atoms with Crippen molar-refractivity contribution in [1.29, 1.82) is 0 Å². The Bertz CT molecular complexity index is 579. The van der Waals surface area contributed by atoms with Crippen LogP contribution in [0.4, 0.5) is 5.82 Å². The minimum absolute atomic E-state index is 0.0923. The van der Waals surface area contributed by atoms with Gasteiger partial charge in [0, 0.05) is 24.5 Å². The second kappa shape index (κ2) is 5.81. The molecule has 0 radical (unpaired) electrons. The first-order valence-corrected chi connectivity index (χ1v) is 5.76. The molecule has 0 unspecified atom stereocenters. The molecule has 0 aliphatic carbocycles. The van der Waals surface area contributed by atoms with Crippen molar-refractivity contribution in [2.75, 3.05) is 5.32 Å². The SMILES string of the molecule is O=C(CCc1ccc[nH]1)Nc1cc(C(=O)O)ccn1. The number of H-pyrrole nitrogens is 1. The second-order valence-corrected chi connectivity index (χ2v) is 3.98. The van der Waals surface area contributed by atoms with Crippen molar-refractivity contribution in [3.63, 3.8) is 0 Å². The molecule has 2 rings (SSSR count). The zero-order chi connectivity index (χ0) is 13.7. The first-order valence-electron chi connectivity index (χ1n) is 5.76. The molecular formula is C13H13N3O3. The van der Waals surface area contributed by atoms with Gasteiger partial charge in [0.2, 0.25) is 5.91 Å². The van der Waals surface area contributed by atoms with Crippen molar-refractivity contribution in [3.05, 3.63) is 47.9 Å². The van der Waals surface area contributed by atoms with E-state index in [0.29, 0.717) is 12.8 Å². The van der Waals surface area contributed by atoms with Crippen LogP contribution < -0.4 is 5.32 Å². The number of nitrogens with one attached hydrogen (secondary N) is 2. The van der Waals surface area contributed by atoms with Gasteiger partial charge in [-0.25, -0.2) is 9.78 Å². The van der Waals surface area contributed by atoms with Crippen LogP contribution in [0.25, 0.3) is 0 Å². The summed E-state index contributed by atoms with van der Waals surface area (Å²) in [6, 6.07) is 6.47. The fourth-order valence-corrected chi connectivity index (χ4v) is 1.61. The van der Waals surface area contributed by atoms with Gasteiger partial charge in [-0.05, 0) is 30.7 Å². The minimum atomic E-state index is -1.05. The maximum absolute atomic E-state index is 11.7. The third-order valence-corrected chi connectivity index (χ3v) is 2.56. The van der Waals surface area contributed by atoms with Crippen LogP contribution in [0, 0.1) is 0 Å². The van der Waals surface area contributed by atoms with Crippen molar-refractivity contribution in [1.82, 2.24) is 9.97 Å². The number of rotatable bonds is 5. The Morgan fingerprint density at radius 1 is 1.37 bits per heavy atom. The van der Waals surface area contributed by atoms with Gasteiger partial charge in [0.25, 0.3) is 0 Å². The van der Waals surface area contributed by atoms with Gasteiger partial charge in [-0.15, -0.1) is 0 Å². The maximum Gasteiger partial charge on any atom is 0.335 e. The third kappa shape index (κ3) is 3.67. The number of pyridine rings is 1. The first-order chi connectivity index (χ1) is 9.15. The second-order valence-electron chi connectivity index (χ2n) is 3.98. The standard InChI is InChI=1S/C13H13N3O3/c17-12(4-3-10-2-1-6-14-10)16-11-8-9(13(18)19)5-7-15-11/h1-2,5-8,14H,3-4H2,(H,18,19)(H,15,16,17). The summed E-state index contributed by atoms with van der Waals surface area (Å²) in [4.78, 5) is 29.4. The van der Waals surface area contributed by atoms with E-state index in [1.54, 1.807) is 6.20 Å². The third-order valence-electron chi connectivity index (χ3n) is 2.56. The number of carbonyl (C=O) groups excluding carboxylic acids is 1. The highest BCUT2D eigenvalue weighted by atomic mass is 16.4. The van der Waals surface area contributed by atoms with Gasteiger partial charge in [0.05, 0.1) is 5.56 Å². The summed E-state index contributed by atoms with van der Waals surface area (Å²) < 4.78 is 0. The molecule has 1 amide bonds. The molecular weight excluding hydrogens is 246 g/mol. The van der Waals surface area contributed by atoms with Gasteiger partial charge in [-0.1, -0.05) is 0 Å². The van der Waals surface area contributed by atoms with Crippen LogP contribution >= 0.6 is 0 Å². The molecule has 0 aromatic carbocycles. The van der Waals surface area contributed by atoms with Crippen LogP contribution in [-0.2, 0) is 11.2 Å². The number of carboxylic acids is 1. The van der Waals surface area contributed by atoms with E-state index in [1.165, 1.54) is 18.3 Å². The zero-order valence-corrected chi connectivity index (χ0v) is 10.1. The topological polar surface area (TPSA) is 95.1 Å². The lowest BCUT2D eigenvalue weighted by molar-refractivity contribution is -0.116. The molecule has 0 fully saturated rings. The molecule has 2 aromatic heterocycles. The van der Waals surface area contributed by atoms with E-state index in [-0.39, 0.29) is 17.3 Å². The summed E-state index contributed by atoms with van der Waals surface area (Å²) in [5, 5.41) is 11.4. The fourth-order valence-electron chi connectivity index (χ4n) is 1.61. The molecule has 0 aliphatic rings. The van der Waals surface area contributed by atoms with Crippen LogP contribution in [0.5, 0.6) is 0 Å². The van der Waals surface area contributed by atoms with E-state index in [1.807, 2.05) is 12.1 Å². The monoisotopic (exact) mass is 259 g/mol. The molecule has 0 saturated heterocycles. The summed E-state index contributed by atoms with van der Waals surface area (Å²) in [5.74, 6) is -1.01. The lowest BCUT2D eigenvalue weighted by Crippen LogP contribution is -2.14. The molecule has 0 atom stereocenters. The van der Waals surface area contributed by atoms with E-state index >= 15 is 0 Å². The molecule has 19 heavy (non-hydrogen) atoms. The zero-order valence-electron chi connectivity index (χ0n) is 10.1. The normalized spacial score (nSPS) is 10.1. The lowest BCUT2D eigenvalue weighted by atomic mass is 10.2. The van der Waals surface area contributed by atoms with Crippen LogP contribution in [0.1, 0.15) is 22.5 Å². The number of aromatic carboxylic acids is 1. The Kier molecular flexibility index (Phi) is 3.92. The van der Waals surface area contributed by atoms with Crippen molar-refractivity contribution in [2.45, 2.75) is 12.8 Å². The van der Waals surface area contributed by atoms with Crippen molar-refractivity contribution in [3.8, 4) is 0 Å². The van der Waals surface area contributed by atoms with E-state index in [9.17, 15) is 9.59 Å². The van der Waals surface area contributed by atoms with Gasteiger partial charge in [0.15, 0.2) is 0 Å². The quantitative estimate of drug-likeness (QED) is 0.761.